The first kappa shape index (κ1) is 13.4. The van der Waals surface area contributed by atoms with Gasteiger partial charge in [-0.15, -0.1) is 0 Å². The molecule has 0 fully saturated rings. The van der Waals surface area contributed by atoms with E-state index < -0.39 is 0 Å². The number of hydrogen-bond donors (Lipinski definition) is 1. The van der Waals surface area contributed by atoms with Crippen molar-refractivity contribution in [2.75, 3.05) is 23.8 Å². The molecule has 0 spiro atoms. The average Bonchev–Trinajstić information content (AvgIpc) is 2.84. The summed E-state index contributed by atoms with van der Waals surface area (Å²) in [6.45, 7) is 1.13. The van der Waals surface area contributed by atoms with E-state index >= 15 is 0 Å². The molecule has 3 heteroatoms. The summed E-state index contributed by atoms with van der Waals surface area (Å²) in [7, 11) is 2.15. The molecule has 112 valence electrons. The van der Waals surface area contributed by atoms with Gasteiger partial charge in [0.25, 0.3) is 0 Å². The molecule has 1 unspecified atom stereocenters. The van der Waals surface area contributed by atoms with Gasteiger partial charge in [0.1, 0.15) is 0 Å². The van der Waals surface area contributed by atoms with Crippen LogP contribution in [0.3, 0.4) is 0 Å². The van der Waals surface area contributed by atoms with Gasteiger partial charge in [-0.25, -0.2) is 0 Å². The van der Waals surface area contributed by atoms with Crippen molar-refractivity contribution in [3.05, 3.63) is 59.2 Å². The summed E-state index contributed by atoms with van der Waals surface area (Å²) >= 11 is 0. The Morgan fingerprint density at radius 2 is 2.09 bits per heavy atom. The molecule has 0 aromatic heterocycles. The number of nitrogens with one attached hydrogen (secondary N) is 1. The summed E-state index contributed by atoms with van der Waals surface area (Å²) in [5.41, 5.74) is 6.10. The summed E-state index contributed by atoms with van der Waals surface area (Å²) in [6.07, 6.45) is 3.13. The predicted molar refractivity (Wildman–Crippen MR) is 89.5 cm³/mol. The highest BCUT2D eigenvalue weighted by Gasteiger charge is 2.30. The predicted octanol–water partition coefficient (Wildman–Crippen LogP) is 3.35. The Hall–Kier alpha value is -2.29. The normalized spacial score (nSPS) is 19.6. The number of para-hydroxylation sites is 1. The highest BCUT2D eigenvalue weighted by atomic mass is 16.2. The first-order chi connectivity index (χ1) is 10.7. The van der Waals surface area contributed by atoms with Crippen molar-refractivity contribution >= 4 is 17.3 Å². The summed E-state index contributed by atoms with van der Waals surface area (Å²) in [5, 5.41) is 2.99. The molecule has 1 N–H and O–H groups in total. The molecule has 0 saturated carbocycles. The molecule has 0 bridgehead atoms. The van der Waals surface area contributed by atoms with Crippen LogP contribution in [0, 0.1) is 0 Å². The van der Waals surface area contributed by atoms with Gasteiger partial charge >= 0.3 is 0 Å². The van der Waals surface area contributed by atoms with Crippen molar-refractivity contribution in [2.24, 2.45) is 0 Å². The Balaban J connectivity index is 1.63. The number of carbonyl (C=O) groups excluding carboxylic acids is 1. The molecule has 0 radical (unpaired) electrons. The maximum Gasteiger partial charge on any atom is 0.232 e. The molecular weight excluding hydrogens is 272 g/mol. The topological polar surface area (TPSA) is 32.3 Å². The monoisotopic (exact) mass is 292 g/mol. The second-order valence-electron chi connectivity index (χ2n) is 6.32. The number of nitrogens with zero attached hydrogens (tertiary/aromatic N) is 1. The molecule has 2 aromatic carbocycles. The fourth-order valence-electron chi connectivity index (χ4n) is 3.68. The van der Waals surface area contributed by atoms with E-state index in [4.69, 9.17) is 0 Å². The number of aryl methyl sites for hydroxylation is 1. The molecule has 2 aliphatic heterocycles. The fourth-order valence-corrected chi connectivity index (χ4v) is 3.68. The summed E-state index contributed by atoms with van der Waals surface area (Å²) in [5.74, 6) is 0.0617. The lowest BCUT2D eigenvalue weighted by atomic mass is 9.91. The van der Waals surface area contributed by atoms with Crippen LogP contribution in [0.5, 0.6) is 0 Å². The van der Waals surface area contributed by atoms with Gasteiger partial charge in [0, 0.05) is 25.0 Å². The molecule has 22 heavy (non-hydrogen) atoms. The Labute approximate surface area is 131 Å². The number of fused-ring (bicyclic) bond motifs is 2. The Bertz CT molecular complexity index is 738. The quantitative estimate of drug-likeness (QED) is 0.920. The lowest BCUT2D eigenvalue weighted by Gasteiger charge is -2.28. The van der Waals surface area contributed by atoms with E-state index in [1.165, 1.54) is 23.2 Å². The lowest BCUT2D eigenvalue weighted by Crippen LogP contribution is -2.24. The van der Waals surface area contributed by atoms with E-state index in [0.717, 1.165) is 30.6 Å². The first-order valence-electron chi connectivity index (χ1n) is 7.95. The molecule has 4 rings (SSSR count). The third kappa shape index (κ3) is 2.17. The van der Waals surface area contributed by atoms with E-state index in [-0.39, 0.29) is 11.8 Å². The number of anilines is 2. The van der Waals surface area contributed by atoms with E-state index in [9.17, 15) is 4.79 Å². The van der Waals surface area contributed by atoms with Crippen molar-refractivity contribution < 1.29 is 4.79 Å². The Kier molecular flexibility index (Phi) is 3.14. The van der Waals surface area contributed by atoms with Gasteiger partial charge in [-0.05, 0) is 48.1 Å². The van der Waals surface area contributed by atoms with Crippen LogP contribution in [0.25, 0.3) is 0 Å². The van der Waals surface area contributed by atoms with Crippen LogP contribution in [-0.4, -0.2) is 19.5 Å². The SMILES string of the molecule is CN1CCCc2cc(CC3C(=O)Nc4ccccc43)ccc21. The van der Waals surface area contributed by atoms with Crippen molar-refractivity contribution in [2.45, 2.75) is 25.2 Å². The number of hydrogen-bond acceptors (Lipinski definition) is 2. The molecule has 3 nitrogen and oxygen atoms in total. The highest BCUT2D eigenvalue weighted by Crippen LogP contribution is 2.35. The molecule has 2 aliphatic rings. The van der Waals surface area contributed by atoms with Gasteiger partial charge in [-0.2, -0.15) is 0 Å². The molecule has 0 saturated heterocycles. The van der Waals surface area contributed by atoms with Gasteiger partial charge < -0.3 is 10.2 Å². The average molecular weight is 292 g/mol. The largest absolute Gasteiger partial charge is 0.374 e. The zero-order chi connectivity index (χ0) is 15.1. The van der Waals surface area contributed by atoms with E-state index in [1.807, 2.05) is 18.2 Å². The van der Waals surface area contributed by atoms with Crippen LogP contribution in [0.4, 0.5) is 11.4 Å². The molecular formula is C19H20N2O. The number of carbonyl (C=O) groups is 1. The number of rotatable bonds is 2. The van der Waals surface area contributed by atoms with E-state index in [1.54, 1.807) is 0 Å². The standard InChI is InChI=1S/C19H20N2O/c1-21-10-4-5-14-11-13(8-9-18(14)21)12-16-15-6-2-3-7-17(15)20-19(16)22/h2-3,6-9,11,16H,4-5,10,12H2,1H3,(H,20,22). The number of benzene rings is 2. The van der Waals surface area contributed by atoms with Gasteiger partial charge in [0.15, 0.2) is 0 Å². The Morgan fingerprint density at radius 3 is 3.00 bits per heavy atom. The summed E-state index contributed by atoms with van der Waals surface area (Å²) in [6, 6.07) is 14.7. The first-order valence-corrected chi connectivity index (χ1v) is 7.95. The lowest BCUT2D eigenvalue weighted by molar-refractivity contribution is -0.117. The third-order valence-corrected chi connectivity index (χ3v) is 4.85. The summed E-state index contributed by atoms with van der Waals surface area (Å²) in [4.78, 5) is 14.6. The van der Waals surface area contributed by atoms with Gasteiger partial charge in [-0.1, -0.05) is 30.3 Å². The van der Waals surface area contributed by atoms with Crippen molar-refractivity contribution in [1.29, 1.82) is 0 Å². The van der Waals surface area contributed by atoms with Crippen molar-refractivity contribution in [3.63, 3.8) is 0 Å². The van der Waals surface area contributed by atoms with Gasteiger partial charge in [-0.3, -0.25) is 4.79 Å². The molecule has 1 atom stereocenters. The Morgan fingerprint density at radius 1 is 1.23 bits per heavy atom. The summed E-state index contributed by atoms with van der Waals surface area (Å²) < 4.78 is 0. The second-order valence-corrected chi connectivity index (χ2v) is 6.32. The minimum atomic E-state index is -0.0597. The van der Waals surface area contributed by atoms with Crippen LogP contribution in [-0.2, 0) is 17.6 Å². The molecule has 2 heterocycles. The minimum absolute atomic E-state index is 0.0597. The van der Waals surface area contributed by atoms with Crippen LogP contribution >= 0.6 is 0 Å². The van der Waals surface area contributed by atoms with Crippen LogP contribution in [0.2, 0.25) is 0 Å². The molecule has 1 amide bonds. The smallest absolute Gasteiger partial charge is 0.232 e. The second kappa shape index (κ2) is 5.16. The fraction of sp³-hybridized carbons (Fsp3) is 0.316. The van der Waals surface area contributed by atoms with Gasteiger partial charge in [0.05, 0.1) is 5.92 Å². The van der Waals surface area contributed by atoms with Crippen LogP contribution in [0.15, 0.2) is 42.5 Å². The third-order valence-electron chi connectivity index (χ3n) is 4.85. The van der Waals surface area contributed by atoms with Crippen LogP contribution < -0.4 is 10.2 Å². The molecule has 0 aliphatic carbocycles. The van der Waals surface area contributed by atoms with Crippen molar-refractivity contribution in [3.8, 4) is 0 Å². The minimum Gasteiger partial charge on any atom is -0.374 e. The maximum absolute atomic E-state index is 12.3. The van der Waals surface area contributed by atoms with E-state index in [2.05, 4.69) is 41.5 Å². The van der Waals surface area contributed by atoms with Crippen LogP contribution in [0.1, 0.15) is 29.0 Å². The zero-order valence-corrected chi connectivity index (χ0v) is 12.8. The van der Waals surface area contributed by atoms with Crippen molar-refractivity contribution in [1.82, 2.24) is 0 Å². The van der Waals surface area contributed by atoms with E-state index in [0.29, 0.717) is 0 Å². The number of amides is 1. The maximum atomic E-state index is 12.3. The highest BCUT2D eigenvalue weighted by molar-refractivity contribution is 6.03. The molecule has 2 aromatic rings. The van der Waals surface area contributed by atoms with Gasteiger partial charge in [0.2, 0.25) is 5.91 Å². The zero-order valence-electron chi connectivity index (χ0n) is 12.8.